The lowest BCUT2D eigenvalue weighted by Crippen LogP contribution is -2.40. The van der Waals surface area contributed by atoms with Crippen LogP contribution in [0.25, 0.3) is 0 Å². The molecule has 0 aromatic heterocycles. The fourth-order valence-electron chi connectivity index (χ4n) is 3.04. The number of hydrogen-bond acceptors (Lipinski definition) is 4. The van der Waals surface area contributed by atoms with Gasteiger partial charge in [-0.3, -0.25) is 14.5 Å². The topological polar surface area (TPSA) is 66.8 Å². The number of carbonyl (C=O) groups excluding carboxylic acids is 2. The molecule has 5 nitrogen and oxygen atoms in total. The van der Waals surface area contributed by atoms with Crippen molar-refractivity contribution < 1.29 is 19.4 Å². The van der Waals surface area contributed by atoms with Crippen LogP contribution in [0.4, 0.5) is 0 Å². The number of imide groups is 1. The Kier molecular flexibility index (Phi) is 4.68. The molecule has 1 aromatic rings. The first-order chi connectivity index (χ1) is 11.1. The van der Waals surface area contributed by atoms with E-state index in [1.807, 2.05) is 12.2 Å². The number of likely N-dealkylation sites (tertiary alicyclic amines) is 1. The first-order valence-corrected chi connectivity index (χ1v) is 8.00. The van der Waals surface area contributed by atoms with Crippen molar-refractivity contribution in [1.82, 2.24) is 4.90 Å². The lowest BCUT2D eigenvalue weighted by Gasteiger charge is -2.19. The third-order valence-corrected chi connectivity index (χ3v) is 4.50. The van der Waals surface area contributed by atoms with Crippen LogP contribution in [0.1, 0.15) is 12.8 Å². The third-order valence-electron chi connectivity index (χ3n) is 4.25. The summed E-state index contributed by atoms with van der Waals surface area (Å²) in [6.45, 7) is -0.0233. The van der Waals surface area contributed by atoms with Gasteiger partial charge in [-0.2, -0.15) is 0 Å². The second-order valence-corrected chi connectivity index (χ2v) is 6.30. The molecule has 3 rings (SSSR count). The number of allylic oxidation sites excluding steroid dienone is 2. The van der Waals surface area contributed by atoms with E-state index in [4.69, 9.17) is 16.3 Å². The number of nitrogens with zero attached hydrogens (tertiary/aromatic N) is 1. The standard InChI is InChI=1S/C17H18ClNO4/c18-11-5-7-13(8-6-11)23-10-12(20)9-19-16(21)14-3-1-2-4-15(14)17(19)22/h1-2,5-8,12,14-15,20H,3-4,9-10H2/t12-,14-,15+/m1/s1. The minimum absolute atomic E-state index is 0.00623. The zero-order valence-electron chi connectivity index (χ0n) is 12.5. The molecular weight excluding hydrogens is 318 g/mol. The molecule has 1 heterocycles. The van der Waals surface area contributed by atoms with E-state index in [2.05, 4.69) is 0 Å². The van der Waals surface area contributed by atoms with E-state index in [1.165, 1.54) is 4.90 Å². The van der Waals surface area contributed by atoms with Crippen LogP contribution < -0.4 is 4.74 Å². The van der Waals surface area contributed by atoms with Gasteiger partial charge in [0.15, 0.2) is 0 Å². The van der Waals surface area contributed by atoms with Crippen molar-refractivity contribution in [2.75, 3.05) is 13.2 Å². The largest absolute Gasteiger partial charge is 0.491 e. The molecule has 1 aliphatic heterocycles. The van der Waals surface area contributed by atoms with E-state index in [0.29, 0.717) is 23.6 Å². The van der Waals surface area contributed by atoms with Gasteiger partial charge in [0.1, 0.15) is 18.5 Å². The number of fused-ring (bicyclic) bond motifs is 1. The fraction of sp³-hybridized carbons (Fsp3) is 0.412. The predicted molar refractivity (Wildman–Crippen MR) is 85.0 cm³/mol. The molecule has 6 heteroatoms. The van der Waals surface area contributed by atoms with E-state index in [-0.39, 0.29) is 36.8 Å². The summed E-state index contributed by atoms with van der Waals surface area (Å²) >= 11 is 5.79. The Morgan fingerprint density at radius 2 is 1.70 bits per heavy atom. The molecular formula is C17H18ClNO4. The van der Waals surface area contributed by atoms with Crippen LogP contribution in [0.15, 0.2) is 36.4 Å². The Balaban J connectivity index is 1.55. The maximum Gasteiger partial charge on any atom is 0.233 e. The Bertz CT molecular complexity index is 602. The summed E-state index contributed by atoms with van der Waals surface area (Å²) in [4.78, 5) is 25.8. The molecule has 0 spiro atoms. The van der Waals surface area contributed by atoms with Gasteiger partial charge in [0.25, 0.3) is 0 Å². The van der Waals surface area contributed by atoms with Crippen LogP contribution in [0.5, 0.6) is 5.75 Å². The van der Waals surface area contributed by atoms with Gasteiger partial charge in [-0.05, 0) is 37.1 Å². The predicted octanol–water partition coefficient (Wildman–Crippen LogP) is 2.03. The quantitative estimate of drug-likeness (QED) is 0.660. The molecule has 0 bridgehead atoms. The van der Waals surface area contributed by atoms with Crippen molar-refractivity contribution in [1.29, 1.82) is 0 Å². The fourth-order valence-corrected chi connectivity index (χ4v) is 3.16. The van der Waals surface area contributed by atoms with Crippen LogP contribution in [-0.4, -0.2) is 41.1 Å². The van der Waals surface area contributed by atoms with Gasteiger partial charge in [-0.1, -0.05) is 23.8 Å². The molecule has 1 fully saturated rings. The van der Waals surface area contributed by atoms with Crippen LogP contribution in [0.2, 0.25) is 5.02 Å². The van der Waals surface area contributed by atoms with Crippen molar-refractivity contribution in [3.05, 3.63) is 41.4 Å². The molecule has 1 aliphatic carbocycles. The minimum atomic E-state index is -0.924. The lowest BCUT2D eigenvalue weighted by molar-refractivity contribution is -0.141. The molecule has 2 aliphatic rings. The molecule has 23 heavy (non-hydrogen) atoms. The van der Waals surface area contributed by atoms with Crippen molar-refractivity contribution in [3.8, 4) is 5.75 Å². The Morgan fingerprint density at radius 3 is 2.26 bits per heavy atom. The van der Waals surface area contributed by atoms with Crippen LogP contribution in [-0.2, 0) is 9.59 Å². The second kappa shape index (κ2) is 6.72. The first-order valence-electron chi connectivity index (χ1n) is 7.63. The summed E-state index contributed by atoms with van der Waals surface area (Å²) in [6.07, 6.45) is 4.16. The molecule has 1 N–H and O–H groups in total. The number of carbonyl (C=O) groups is 2. The average molecular weight is 336 g/mol. The van der Waals surface area contributed by atoms with Gasteiger partial charge in [0, 0.05) is 5.02 Å². The number of aliphatic hydroxyl groups excluding tert-OH is 1. The Hall–Kier alpha value is -1.85. The van der Waals surface area contributed by atoms with Crippen LogP contribution in [0.3, 0.4) is 0 Å². The van der Waals surface area contributed by atoms with E-state index in [9.17, 15) is 14.7 Å². The first kappa shape index (κ1) is 16.0. The van der Waals surface area contributed by atoms with Crippen molar-refractivity contribution >= 4 is 23.4 Å². The van der Waals surface area contributed by atoms with Crippen LogP contribution in [0, 0.1) is 11.8 Å². The lowest BCUT2D eigenvalue weighted by atomic mass is 9.85. The van der Waals surface area contributed by atoms with Crippen LogP contribution >= 0.6 is 11.6 Å². The number of rotatable bonds is 5. The molecule has 3 atom stereocenters. The number of hydrogen-bond donors (Lipinski definition) is 1. The summed E-state index contributed by atoms with van der Waals surface area (Å²) in [7, 11) is 0. The smallest absolute Gasteiger partial charge is 0.233 e. The number of halogens is 1. The number of aliphatic hydroxyl groups is 1. The summed E-state index contributed by atoms with van der Waals surface area (Å²) in [5, 5.41) is 10.7. The van der Waals surface area contributed by atoms with Gasteiger partial charge < -0.3 is 9.84 Å². The van der Waals surface area contributed by atoms with Gasteiger partial charge in [0.2, 0.25) is 11.8 Å². The monoisotopic (exact) mass is 335 g/mol. The van der Waals surface area contributed by atoms with Gasteiger partial charge in [-0.25, -0.2) is 0 Å². The van der Waals surface area contributed by atoms with E-state index in [1.54, 1.807) is 24.3 Å². The summed E-state index contributed by atoms with van der Waals surface area (Å²) in [6, 6.07) is 6.77. The zero-order valence-corrected chi connectivity index (χ0v) is 13.3. The maximum absolute atomic E-state index is 12.3. The van der Waals surface area contributed by atoms with E-state index < -0.39 is 6.10 Å². The summed E-state index contributed by atoms with van der Waals surface area (Å²) in [5.41, 5.74) is 0. The molecule has 0 saturated carbocycles. The SMILES string of the molecule is O=C1[C@H]2CC=CC[C@H]2C(=O)N1C[C@@H](O)COc1ccc(Cl)cc1. The number of ether oxygens (including phenoxy) is 1. The molecule has 122 valence electrons. The maximum atomic E-state index is 12.3. The molecule has 0 radical (unpaired) electrons. The Labute approximate surface area is 139 Å². The third kappa shape index (κ3) is 3.41. The summed E-state index contributed by atoms with van der Waals surface area (Å²) < 4.78 is 5.45. The highest BCUT2D eigenvalue weighted by Crippen LogP contribution is 2.35. The highest BCUT2D eigenvalue weighted by molar-refractivity contribution is 6.30. The molecule has 1 saturated heterocycles. The second-order valence-electron chi connectivity index (χ2n) is 5.86. The number of β-amino-alcohol motifs (C(OH)–C–C–N with tert-alkyl or cyclic N) is 1. The normalized spacial score (nSPS) is 24.7. The highest BCUT2D eigenvalue weighted by atomic mass is 35.5. The minimum Gasteiger partial charge on any atom is -0.491 e. The number of amides is 2. The van der Waals surface area contributed by atoms with Gasteiger partial charge >= 0.3 is 0 Å². The zero-order chi connectivity index (χ0) is 16.4. The molecule has 2 amide bonds. The molecule has 1 aromatic carbocycles. The average Bonchev–Trinajstić information content (AvgIpc) is 2.80. The van der Waals surface area contributed by atoms with Gasteiger partial charge in [-0.15, -0.1) is 0 Å². The van der Waals surface area contributed by atoms with Crippen molar-refractivity contribution in [3.63, 3.8) is 0 Å². The highest BCUT2D eigenvalue weighted by Gasteiger charge is 2.47. The van der Waals surface area contributed by atoms with Crippen molar-refractivity contribution in [2.24, 2.45) is 11.8 Å². The summed E-state index contributed by atoms with van der Waals surface area (Å²) in [5.74, 6) is -0.330. The van der Waals surface area contributed by atoms with Crippen molar-refractivity contribution in [2.45, 2.75) is 18.9 Å². The van der Waals surface area contributed by atoms with E-state index in [0.717, 1.165) is 0 Å². The van der Waals surface area contributed by atoms with Gasteiger partial charge in [0.05, 0.1) is 18.4 Å². The van der Waals surface area contributed by atoms with E-state index >= 15 is 0 Å². The molecule has 0 unspecified atom stereocenters. The Morgan fingerprint density at radius 1 is 1.13 bits per heavy atom. The number of benzene rings is 1.